The van der Waals surface area contributed by atoms with Gasteiger partial charge in [-0.15, -0.1) is 0 Å². The minimum absolute atomic E-state index is 0.0598. The zero-order valence-electron chi connectivity index (χ0n) is 27.8. The number of urea groups is 1. The van der Waals surface area contributed by atoms with E-state index in [9.17, 15) is 24.0 Å². The van der Waals surface area contributed by atoms with Crippen LogP contribution in [0.25, 0.3) is 0 Å². The van der Waals surface area contributed by atoms with Crippen LogP contribution in [0.4, 0.5) is 4.79 Å². The van der Waals surface area contributed by atoms with Crippen LogP contribution < -0.4 is 26.6 Å². The molecule has 1 saturated heterocycles. The molecule has 2 rings (SSSR count). The first kappa shape index (κ1) is 36.7. The molecule has 1 heterocycles. The second kappa shape index (κ2) is 16.6. The Morgan fingerprint density at radius 3 is 1.66 bits per heavy atom. The predicted octanol–water partition coefficient (Wildman–Crippen LogP) is 3.07. The summed E-state index contributed by atoms with van der Waals surface area (Å²) in [6, 6.07) is 5.30. The average molecular weight is 616 g/mol. The standard InChI is InChI=1S/C33H53N5O6/c1-19(2)15-24(28(39)33(9)18-44-33)35-29(40)25(16-20(3)4)36-31(42)27(22(7)8)38-32(43)37-26(21(5)6)30(41)34-17-23-13-11-10-12-14-23/h10-14,19-22,24-27H,15-18H2,1-9H3,(H,34,41)(H,35,40)(H,36,42)(H2,37,38,43)/t24-,25-,26-,27-,33+/m0/s1. The Morgan fingerprint density at radius 1 is 0.705 bits per heavy atom. The van der Waals surface area contributed by atoms with Crippen molar-refractivity contribution in [3.8, 4) is 0 Å². The Hall–Kier alpha value is -3.47. The number of nitrogens with one attached hydrogen (secondary N) is 5. The highest BCUT2D eigenvalue weighted by Crippen LogP contribution is 2.29. The Morgan fingerprint density at radius 2 is 1.18 bits per heavy atom. The number of ketones is 1. The van der Waals surface area contributed by atoms with Gasteiger partial charge in [-0.3, -0.25) is 19.2 Å². The van der Waals surface area contributed by atoms with E-state index in [4.69, 9.17) is 4.74 Å². The summed E-state index contributed by atoms with van der Waals surface area (Å²) in [5.41, 5.74) is 0.0370. The van der Waals surface area contributed by atoms with Gasteiger partial charge in [0.25, 0.3) is 0 Å². The van der Waals surface area contributed by atoms with Crippen LogP contribution in [0.1, 0.15) is 80.7 Å². The van der Waals surface area contributed by atoms with Gasteiger partial charge in [0, 0.05) is 6.54 Å². The fourth-order valence-corrected chi connectivity index (χ4v) is 4.85. The van der Waals surface area contributed by atoms with Crippen LogP contribution in [0.5, 0.6) is 0 Å². The molecule has 44 heavy (non-hydrogen) atoms. The van der Waals surface area contributed by atoms with Crippen molar-refractivity contribution in [3.05, 3.63) is 35.9 Å². The third kappa shape index (κ3) is 11.6. The average Bonchev–Trinajstić information content (AvgIpc) is 3.70. The molecule has 0 spiro atoms. The SMILES string of the molecule is CC(C)C[C@H](NC(=O)[C@@H](NC(=O)N[C@H](C(=O)NCc1ccccc1)C(C)C)C(C)C)C(=O)N[C@@H](CC(C)C)C(=O)[C@@]1(C)CO1. The molecule has 246 valence electrons. The molecule has 5 atom stereocenters. The van der Waals surface area contributed by atoms with Crippen LogP contribution in [-0.4, -0.2) is 65.9 Å². The highest BCUT2D eigenvalue weighted by atomic mass is 16.6. The van der Waals surface area contributed by atoms with Crippen molar-refractivity contribution in [2.75, 3.05) is 6.61 Å². The lowest BCUT2D eigenvalue weighted by Crippen LogP contribution is -2.60. The molecule has 5 amide bonds. The second-order valence-electron chi connectivity index (χ2n) is 13.5. The Labute approximate surface area is 262 Å². The van der Waals surface area contributed by atoms with E-state index in [1.165, 1.54) is 0 Å². The number of benzene rings is 1. The van der Waals surface area contributed by atoms with Gasteiger partial charge in [0.05, 0.1) is 12.6 Å². The topological polar surface area (TPSA) is 158 Å². The molecular formula is C33H53N5O6. The van der Waals surface area contributed by atoms with Crippen LogP contribution in [0.2, 0.25) is 0 Å². The van der Waals surface area contributed by atoms with E-state index < -0.39 is 47.6 Å². The van der Waals surface area contributed by atoms with Crippen molar-refractivity contribution >= 4 is 29.5 Å². The zero-order chi connectivity index (χ0) is 33.2. The van der Waals surface area contributed by atoms with Crippen molar-refractivity contribution < 1.29 is 28.7 Å². The molecule has 0 radical (unpaired) electrons. The van der Waals surface area contributed by atoms with E-state index in [0.717, 1.165) is 5.56 Å². The summed E-state index contributed by atoms with van der Waals surface area (Å²) in [7, 11) is 0. The molecule has 0 bridgehead atoms. The number of carbonyl (C=O) groups excluding carboxylic acids is 5. The van der Waals surface area contributed by atoms with Crippen LogP contribution in [-0.2, 0) is 30.5 Å². The lowest BCUT2D eigenvalue weighted by atomic mass is 9.92. The van der Waals surface area contributed by atoms with Crippen molar-refractivity contribution in [1.82, 2.24) is 26.6 Å². The molecule has 0 aliphatic carbocycles. The lowest BCUT2D eigenvalue weighted by Gasteiger charge is -2.29. The van der Waals surface area contributed by atoms with E-state index in [2.05, 4.69) is 26.6 Å². The molecule has 1 aromatic rings. The number of amides is 5. The second-order valence-corrected chi connectivity index (χ2v) is 13.5. The molecule has 1 fully saturated rings. The first-order valence-electron chi connectivity index (χ1n) is 15.7. The monoisotopic (exact) mass is 615 g/mol. The summed E-state index contributed by atoms with van der Waals surface area (Å²) < 4.78 is 5.34. The molecule has 11 nitrogen and oxygen atoms in total. The fourth-order valence-electron chi connectivity index (χ4n) is 4.85. The Bertz CT molecular complexity index is 1130. The largest absolute Gasteiger partial charge is 0.361 e. The van der Waals surface area contributed by atoms with Crippen molar-refractivity contribution in [2.24, 2.45) is 23.7 Å². The number of Topliss-reactive ketones (excluding diaryl/α,β-unsaturated/α-hetero) is 1. The summed E-state index contributed by atoms with van der Waals surface area (Å²) in [6.45, 7) is 17.4. The van der Waals surface area contributed by atoms with Gasteiger partial charge in [0.2, 0.25) is 17.7 Å². The molecule has 0 unspecified atom stereocenters. The van der Waals surface area contributed by atoms with Crippen molar-refractivity contribution in [1.29, 1.82) is 0 Å². The van der Waals surface area contributed by atoms with Gasteiger partial charge in [-0.05, 0) is 49.0 Å². The number of hydrogen-bond donors (Lipinski definition) is 5. The lowest BCUT2D eigenvalue weighted by molar-refractivity contribution is -0.134. The Balaban J connectivity index is 2.09. The van der Waals surface area contributed by atoms with E-state index >= 15 is 0 Å². The third-order valence-corrected chi connectivity index (χ3v) is 7.56. The number of carbonyl (C=O) groups is 5. The van der Waals surface area contributed by atoms with E-state index in [0.29, 0.717) is 26.0 Å². The maximum Gasteiger partial charge on any atom is 0.316 e. The Kier molecular flexibility index (Phi) is 13.8. The van der Waals surface area contributed by atoms with Gasteiger partial charge in [0.15, 0.2) is 5.78 Å². The summed E-state index contributed by atoms with van der Waals surface area (Å²) in [5, 5.41) is 13.9. The smallest absolute Gasteiger partial charge is 0.316 e. The molecule has 1 aliphatic rings. The minimum atomic E-state index is -0.982. The normalized spacial score (nSPS) is 18.8. The van der Waals surface area contributed by atoms with Crippen LogP contribution in [0.3, 0.4) is 0 Å². The van der Waals surface area contributed by atoms with Crippen LogP contribution in [0, 0.1) is 23.7 Å². The minimum Gasteiger partial charge on any atom is -0.361 e. The van der Waals surface area contributed by atoms with Gasteiger partial charge in [-0.25, -0.2) is 4.79 Å². The molecule has 11 heteroatoms. The third-order valence-electron chi connectivity index (χ3n) is 7.56. The van der Waals surface area contributed by atoms with Crippen molar-refractivity contribution in [3.63, 3.8) is 0 Å². The van der Waals surface area contributed by atoms with Gasteiger partial charge in [-0.2, -0.15) is 0 Å². The quantitative estimate of drug-likeness (QED) is 0.170. The molecule has 0 aromatic heterocycles. The molecule has 1 aliphatic heterocycles. The van der Waals surface area contributed by atoms with Gasteiger partial charge < -0.3 is 31.3 Å². The number of epoxide rings is 1. The number of hydrogen-bond acceptors (Lipinski definition) is 6. The maximum absolute atomic E-state index is 13.5. The molecule has 0 saturated carbocycles. The summed E-state index contributed by atoms with van der Waals surface area (Å²) in [6.07, 6.45) is 0.778. The van der Waals surface area contributed by atoms with E-state index in [-0.39, 0.29) is 35.4 Å². The van der Waals surface area contributed by atoms with Crippen molar-refractivity contribution in [2.45, 2.75) is 111 Å². The highest BCUT2D eigenvalue weighted by Gasteiger charge is 2.50. The molecular weight excluding hydrogens is 562 g/mol. The first-order valence-corrected chi connectivity index (χ1v) is 15.7. The van der Waals surface area contributed by atoms with Gasteiger partial charge >= 0.3 is 6.03 Å². The summed E-state index contributed by atoms with van der Waals surface area (Å²) in [5.74, 6) is -1.85. The zero-order valence-corrected chi connectivity index (χ0v) is 27.8. The maximum atomic E-state index is 13.5. The van der Waals surface area contributed by atoms with Crippen LogP contribution >= 0.6 is 0 Å². The number of rotatable bonds is 17. The van der Waals surface area contributed by atoms with E-state index in [1.54, 1.807) is 20.8 Å². The fraction of sp³-hybridized carbons (Fsp3) is 0.667. The number of ether oxygens (including phenoxy) is 1. The first-order chi connectivity index (χ1) is 20.5. The predicted molar refractivity (Wildman–Crippen MR) is 169 cm³/mol. The van der Waals surface area contributed by atoms with Crippen LogP contribution in [0.15, 0.2) is 30.3 Å². The molecule has 5 N–H and O–H groups in total. The highest BCUT2D eigenvalue weighted by molar-refractivity contribution is 5.98. The van der Waals surface area contributed by atoms with E-state index in [1.807, 2.05) is 71.9 Å². The molecule has 1 aromatic carbocycles. The van der Waals surface area contributed by atoms with Gasteiger partial charge in [0.1, 0.15) is 23.7 Å². The summed E-state index contributed by atoms with van der Waals surface area (Å²) >= 11 is 0. The van der Waals surface area contributed by atoms with Gasteiger partial charge in [-0.1, -0.05) is 85.7 Å². The summed E-state index contributed by atoms with van der Waals surface area (Å²) in [4.78, 5) is 66.0.